The first-order valence-electron chi connectivity index (χ1n) is 9.28. The fourth-order valence-electron chi connectivity index (χ4n) is 2.91. The van der Waals surface area contributed by atoms with Crippen LogP contribution in [-0.2, 0) is 4.79 Å². The number of carbonyl (C=O) groups is 1. The maximum Gasteiger partial charge on any atom is 0.306 e. The predicted molar refractivity (Wildman–Crippen MR) is 116 cm³/mol. The number of nitro groups is 1. The molecule has 0 saturated heterocycles. The number of hydrogen-bond donors (Lipinski definition) is 2. The number of hydrogen-bond acceptors (Lipinski definition) is 7. The number of benzene rings is 2. The number of nitrogens with one attached hydrogen (secondary N) is 2. The Labute approximate surface area is 183 Å². The summed E-state index contributed by atoms with van der Waals surface area (Å²) >= 11 is 0.993. The SMILES string of the molecule is CC(Sc1nc2c(cnn2-c2ccccc2)c(=O)[nH]1)C(=O)Nc1ccc(F)c([N+](=O)[O-])c1. The summed E-state index contributed by atoms with van der Waals surface area (Å²) in [5, 5.41) is 17.4. The van der Waals surface area contributed by atoms with Crippen LogP contribution in [0.4, 0.5) is 15.8 Å². The summed E-state index contributed by atoms with van der Waals surface area (Å²) in [5.41, 5.74) is -0.00533. The molecule has 0 bridgehead atoms. The van der Waals surface area contributed by atoms with Gasteiger partial charge in [0.05, 0.1) is 22.1 Å². The normalized spacial score (nSPS) is 11.9. The Morgan fingerprint density at radius 3 is 2.75 bits per heavy atom. The van der Waals surface area contributed by atoms with Crippen molar-refractivity contribution in [3.8, 4) is 5.69 Å². The molecule has 1 atom stereocenters. The number of fused-ring (bicyclic) bond motifs is 1. The maximum absolute atomic E-state index is 13.5. The van der Waals surface area contributed by atoms with Gasteiger partial charge in [-0.3, -0.25) is 19.7 Å². The van der Waals surface area contributed by atoms with Gasteiger partial charge in [-0.2, -0.15) is 9.49 Å². The third-order valence-corrected chi connectivity index (χ3v) is 5.47. The second-order valence-electron chi connectivity index (χ2n) is 6.67. The summed E-state index contributed by atoms with van der Waals surface area (Å²) in [4.78, 5) is 42.1. The van der Waals surface area contributed by atoms with Gasteiger partial charge in [-0.25, -0.2) is 9.67 Å². The molecule has 0 aliphatic heterocycles. The third kappa shape index (κ3) is 4.21. The minimum Gasteiger partial charge on any atom is -0.325 e. The number of aromatic nitrogens is 4. The number of halogens is 1. The Morgan fingerprint density at radius 1 is 1.28 bits per heavy atom. The smallest absolute Gasteiger partial charge is 0.306 e. The summed E-state index contributed by atoms with van der Waals surface area (Å²) < 4.78 is 15.0. The number of amides is 1. The predicted octanol–water partition coefficient (Wildman–Crippen LogP) is 3.28. The molecule has 1 unspecified atom stereocenters. The highest BCUT2D eigenvalue weighted by Crippen LogP contribution is 2.25. The van der Waals surface area contributed by atoms with E-state index in [1.54, 1.807) is 6.92 Å². The molecule has 0 spiro atoms. The van der Waals surface area contributed by atoms with Crippen molar-refractivity contribution in [2.24, 2.45) is 0 Å². The second-order valence-corrected chi connectivity index (χ2v) is 8.00. The average molecular weight is 454 g/mol. The number of thioether (sulfide) groups is 1. The van der Waals surface area contributed by atoms with E-state index in [4.69, 9.17) is 0 Å². The zero-order chi connectivity index (χ0) is 22.8. The van der Waals surface area contributed by atoms with Gasteiger partial charge in [0.1, 0.15) is 5.39 Å². The van der Waals surface area contributed by atoms with Crippen LogP contribution in [-0.4, -0.2) is 35.8 Å². The molecule has 0 aliphatic rings. The van der Waals surface area contributed by atoms with Crippen molar-refractivity contribution in [2.45, 2.75) is 17.3 Å². The van der Waals surface area contributed by atoms with E-state index in [0.29, 0.717) is 11.0 Å². The van der Waals surface area contributed by atoms with Gasteiger partial charge in [-0.05, 0) is 31.2 Å². The van der Waals surface area contributed by atoms with Gasteiger partial charge in [0.15, 0.2) is 10.8 Å². The van der Waals surface area contributed by atoms with Crippen molar-refractivity contribution < 1.29 is 14.1 Å². The topological polar surface area (TPSA) is 136 Å². The summed E-state index contributed by atoms with van der Waals surface area (Å²) in [7, 11) is 0. The Kier molecular flexibility index (Phi) is 5.69. The van der Waals surface area contributed by atoms with Gasteiger partial charge in [0.2, 0.25) is 11.7 Å². The standard InChI is InChI=1S/C20H15FN6O4S/c1-11(18(28)23-12-7-8-15(21)16(9-12)27(30)31)32-20-24-17-14(19(29)25-20)10-22-26(17)13-5-3-2-4-6-13/h2-11H,1H3,(H,23,28)(H,24,25,29). The molecule has 0 radical (unpaired) electrons. The van der Waals surface area contributed by atoms with Crippen LogP contribution in [0.15, 0.2) is 64.7 Å². The van der Waals surface area contributed by atoms with Crippen LogP contribution in [0.25, 0.3) is 16.7 Å². The number of anilines is 1. The van der Waals surface area contributed by atoms with E-state index < -0.39 is 33.1 Å². The molecule has 0 fully saturated rings. The first kappa shape index (κ1) is 21.2. The lowest BCUT2D eigenvalue weighted by Crippen LogP contribution is -2.23. The van der Waals surface area contributed by atoms with Gasteiger partial charge in [0, 0.05) is 11.8 Å². The lowest BCUT2D eigenvalue weighted by Gasteiger charge is -2.11. The van der Waals surface area contributed by atoms with Gasteiger partial charge in [0.25, 0.3) is 5.56 Å². The van der Waals surface area contributed by atoms with E-state index in [2.05, 4.69) is 20.4 Å². The Bertz CT molecular complexity index is 1390. The minimum absolute atomic E-state index is 0.0783. The largest absolute Gasteiger partial charge is 0.325 e. The number of nitrogens with zero attached hydrogens (tertiary/aromatic N) is 4. The maximum atomic E-state index is 13.5. The number of para-hydroxylation sites is 1. The van der Waals surface area contributed by atoms with Crippen LogP contribution >= 0.6 is 11.8 Å². The quantitative estimate of drug-likeness (QED) is 0.197. The van der Waals surface area contributed by atoms with Gasteiger partial charge in [-0.1, -0.05) is 30.0 Å². The Hall–Kier alpha value is -4.06. The fourth-order valence-corrected chi connectivity index (χ4v) is 3.70. The molecule has 2 aromatic carbocycles. The van der Waals surface area contributed by atoms with Gasteiger partial charge >= 0.3 is 5.69 Å². The summed E-state index contributed by atoms with van der Waals surface area (Å²) in [6.45, 7) is 1.58. The fraction of sp³-hybridized carbons (Fsp3) is 0.100. The van der Waals surface area contributed by atoms with Crippen molar-refractivity contribution in [3.05, 3.63) is 81.0 Å². The van der Waals surface area contributed by atoms with E-state index in [1.807, 2.05) is 30.3 Å². The van der Waals surface area contributed by atoms with Crippen molar-refractivity contribution in [1.29, 1.82) is 0 Å². The van der Waals surface area contributed by atoms with E-state index in [-0.39, 0.29) is 10.8 Å². The number of nitro benzene ring substituents is 1. The van der Waals surface area contributed by atoms with Crippen LogP contribution in [0.2, 0.25) is 0 Å². The zero-order valence-corrected chi connectivity index (χ0v) is 17.3. The molecule has 4 aromatic rings. The lowest BCUT2D eigenvalue weighted by molar-refractivity contribution is -0.387. The van der Waals surface area contributed by atoms with Crippen LogP contribution in [0.3, 0.4) is 0 Å². The Morgan fingerprint density at radius 2 is 2.03 bits per heavy atom. The molecular formula is C20H15FN6O4S. The monoisotopic (exact) mass is 454 g/mol. The molecule has 162 valence electrons. The molecule has 2 N–H and O–H groups in total. The molecule has 0 aliphatic carbocycles. The summed E-state index contributed by atoms with van der Waals surface area (Å²) in [5.74, 6) is -1.50. The first-order chi connectivity index (χ1) is 15.3. The Balaban J connectivity index is 1.56. The van der Waals surface area contributed by atoms with Crippen molar-refractivity contribution in [3.63, 3.8) is 0 Å². The van der Waals surface area contributed by atoms with Crippen molar-refractivity contribution in [1.82, 2.24) is 19.7 Å². The summed E-state index contributed by atoms with van der Waals surface area (Å²) in [6, 6.07) is 12.2. The zero-order valence-electron chi connectivity index (χ0n) is 16.5. The minimum atomic E-state index is -1.000. The molecule has 12 heteroatoms. The number of H-pyrrole nitrogens is 1. The molecular weight excluding hydrogens is 439 g/mol. The lowest BCUT2D eigenvalue weighted by atomic mass is 10.2. The van der Waals surface area contributed by atoms with Crippen LogP contribution < -0.4 is 10.9 Å². The van der Waals surface area contributed by atoms with E-state index in [0.717, 1.165) is 29.6 Å². The highest BCUT2D eigenvalue weighted by molar-refractivity contribution is 8.00. The van der Waals surface area contributed by atoms with Gasteiger partial charge < -0.3 is 10.3 Å². The number of aromatic amines is 1. The van der Waals surface area contributed by atoms with E-state index in [9.17, 15) is 24.1 Å². The molecule has 1 amide bonds. The number of rotatable bonds is 6. The van der Waals surface area contributed by atoms with Crippen LogP contribution in [0, 0.1) is 15.9 Å². The molecule has 2 heterocycles. The molecule has 32 heavy (non-hydrogen) atoms. The van der Waals surface area contributed by atoms with E-state index in [1.165, 1.54) is 16.9 Å². The summed E-state index contributed by atoms with van der Waals surface area (Å²) in [6.07, 6.45) is 1.42. The highest BCUT2D eigenvalue weighted by atomic mass is 32.2. The van der Waals surface area contributed by atoms with Crippen molar-refractivity contribution in [2.75, 3.05) is 5.32 Å². The average Bonchev–Trinajstić information content (AvgIpc) is 3.20. The number of carbonyl (C=O) groups excluding carboxylic acids is 1. The third-order valence-electron chi connectivity index (χ3n) is 4.49. The second kappa shape index (κ2) is 8.59. The highest BCUT2D eigenvalue weighted by Gasteiger charge is 2.20. The van der Waals surface area contributed by atoms with Crippen LogP contribution in [0.5, 0.6) is 0 Å². The molecule has 2 aromatic heterocycles. The van der Waals surface area contributed by atoms with Crippen LogP contribution in [0.1, 0.15) is 6.92 Å². The first-order valence-corrected chi connectivity index (χ1v) is 10.2. The molecule has 10 nitrogen and oxygen atoms in total. The van der Waals surface area contributed by atoms with Gasteiger partial charge in [-0.15, -0.1) is 0 Å². The molecule has 4 rings (SSSR count). The molecule has 0 saturated carbocycles. The van der Waals surface area contributed by atoms with E-state index >= 15 is 0 Å². The van der Waals surface area contributed by atoms with Crippen molar-refractivity contribution >= 4 is 40.1 Å².